The molecule has 0 aliphatic carbocycles. The van der Waals surface area contributed by atoms with E-state index < -0.39 is 21.1 Å². The smallest absolute Gasteiger partial charge is 0.407 e. The summed E-state index contributed by atoms with van der Waals surface area (Å²) in [6.45, 7) is 0.710. The zero-order valence-corrected chi connectivity index (χ0v) is 21.5. The molecule has 2 atom stereocenters. The van der Waals surface area contributed by atoms with Crippen LogP contribution in [-0.4, -0.2) is 51.1 Å². The summed E-state index contributed by atoms with van der Waals surface area (Å²) in [7, 11) is -6.52. The van der Waals surface area contributed by atoms with Crippen molar-refractivity contribution in [3.63, 3.8) is 0 Å². The Labute approximate surface area is 213 Å². The molecule has 4 aromatic rings. The quantitative estimate of drug-likeness (QED) is 0.113. The third-order valence-electron chi connectivity index (χ3n) is 5.68. The number of fused-ring (bicyclic) bond motifs is 1. The molecule has 4 rings (SSSR count). The van der Waals surface area contributed by atoms with E-state index in [0.717, 1.165) is 11.3 Å². The van der Waals surface area contributed by atoms with Crippen LogP contribution in [0.2, 0.25) is 0 Å². The number of aliphatic hydroxyl groups is 1. The number of aromatic hydroxyl groups is 1. The van der Waals surface area contributed by atoms with E-state index in [0.29, 0.717) is 29.9 Å². The first-order chi connectivity index (χ1) is 17.7. The summed E-state index contributed by atoms with van der Waals surface area (Å²) in [4.78, 5) is 32.2. The van der Waals surface area contributed by atoms with E-state index in [2.05, 4.69) is 25.6 Å². The van der Waals surface area contributed by atoms with Gasteiger partial charge in [0.15, 0.2) is 17.0 Å². The Kier molecular flexibility index (Phi) is 8.16. The molecule has 0 aliphatic rings. The Morgan fingerprint density at radius 1 is 1.08 bits per heavy atom. The number of aryl methyl sites for hydroxylation is 2. The van der Waals surface area contributed by atoms with Crippen molar-refractivity contribution in [2.75, 3.05) is 17.2 Å². The SMILES string of the molecule is O=[PH+]C(O)(CCCNc1nc(Nc2ccccc2)c2ncn(CCc3cccc(O)c3)c2n1)P(=O)(O)O. The second-order valence-corrected chi connectivity index (χ2v) is 11.7. The van der Waals surface area contributed by atoms with Crippen molar-refractivity contribution in [3.8, 4) is 5.75 Å². The summed E-state index contributed by atoms with van der Waals surface area (Å²) in [5, 5.41) is 23.4. The van der Waals surface area contributed by atoms with Crippen molar-refractivity contribution in [2.24, 2.45) is 0 Å². The molecule has 0 fully saturated rings. The molecule has 194 valence electrons. The summed E-state index contributed by atoms with van der Waals surface area (Å²) in [6.07, 6.45) is 2.03. The van der Waals surface area contributed by atoms with E-state index in [1.54, 1.807) is 24.5 Å². The summed E-state index contributed by atoms with van der Waals surface area (Å²) in [5.41, 5.74) is 2.86. The monoisotopic (exact) mass is 545 g/mol. The maximum Gasteiger partial charge on any atom is 0.407 e. The van der Waals surface area contributed by atoms with Gasteiger partial charge in [-0.15, -0.1) is 0 Å². The van der Waals surface area contributed by atoms with Gasteiger partial charge in [0.1, 0.15) is 5.75 Å². The molecular weight excluding hydrogens is 518 g/mol. The lowest BCUT2D eigenvalue weighted by Crippen LogP contribution is -2.22. The molecular formula is C23H27N6O6P2+. The predicted octanol–water partition coefficient (Wildman–Crippen LogP) is 3.56. The molecule has 0 radical (unpaired) electrons. The minimum Gasteiger partial charge on any atom is -0.508 e. The average molecular weight is 545 g/mol. The number of phenols is 1. The third-order valence-corrected chi connectivity index (χ3v) is 8.59. The summed E-state index contributed by atoms with van der Waals surface area (Å²) in [6, 6.07) is 16.4. The molecule has 0 saturated heterocycles. The van der Waals surface area contributed by atoms with Gasteiger partial charge in [-0.05, 0) is 42.7 Å². The number of benzene rings is 2. The molecule has 2 heterocycles. The fraction of sp³-hybridized carbons (Fsp3) is 0.261. The Morgan fingerprint density at radius 2 is 1.86 bits per heavy atom. The van der Waals surface area contributed by atoms with E-state index in [1.165, 1.54) is 0 Å². The van der Waals surface area contributed by atoms with Crippen LogP contribution < -0.4 is 10.6 Å². The number of imidazole rings is 1. The normalized spacial score (nSPS) is 13.5. The first kappa shape index (κ1) is 26.7. The lowest BCUT2D eigenvalue weighted by atomic mass is 10.1. The topological polar surface area (TPSA) is 183 Å². The highest BCUT2D eigenvalue weighted by molar-refractivity contribution is 7.63. The van der Waals surface area contributed by atoms with Crippen LogP contribution in [0.25, 0.3) is 11.2 Å². The Balaban J connectivity index is 1.56. The highest BCUT2D eigenvalue weighted by atomic mass is 31.2. The van der Waals surface area contributed by atoms with Crippen LogP contribution in [0.5, 0.6) is 5.75 Å². The number of anilines is 3. The Bertz CT molecular complexity index is 1430. The van der Waals surface area contributed by atoms with Crippen LogP contribution in [-0.2, 0) is 22.1 Å². The van der Waals surface area contributed by atoms with Crippen LogP contribution in [0.3, 0.4) is 0 Å². The molecule has 37 heavy (non-hydrogen) atoms. The van der Waals surface area contributed by atoms with Gasteiger partial charge in [0.05, 0.1) is 6.33 Å². The van der Waals surface area contributed by atoms with Crippen LogP contribution in [0, 0.1) is 0 Å². The van der Waals surface area contributed by atoms with E-state index in [-0.39, 0.29) is 31.1 Å². The molecule has 0 aliphatic heterocycles. The zero-order valence-electron chi connectivity index (χ0n) is 19.7. The second kappa shape index (κ2) is 11.3. The standard InChI is InChI=1S/C23H26N6O6P2/c30-18-9-4-6-16(14-18)10-13-29-15-25-19-20(26-17-7-2-1-3-8-17)27-22(28-21(19)29)24-12-5-11-23(31,36-32)37(33,34)35/h1-4,6-9,14-15,30-31H,5,10-13H2,(H2,33,34,35)(H2,24,26,27,28)/p+1. The molecule has 2 aromatic carbocycles. The van der Waals surface area contributed by atoms with Gasteiger partial charge in [-0.3, -0.25) is 4.57 Å². The molecule has 14 heteroatoms. The van der Waals surface area contributed by atoms with Gasteiger partial charge in [0, 0.05) is 25.2 Å². The fourth-order valence-corrected chi connectivity index (χ4v) is 4.89. The lowest BCUT2D eigenvalue weighted by Gasteiger charge is -2.16. The van der Waals surface area contributed by atoms with Gasteiger partial charge in [0.2, 0.25) is 5.95 Å². The van der Waals surface area contributed by atoms with Crippen LogP contribution in [0.1, 0.15) is 18.4 Å². The number of phenolic OH excluding ortho intramolecular Hbond substituents is 1. The van der Waals surface area contributed by atoms with Crippen molar-refractivity contribution >= 4 is 44.7 Å². The van der Waals surface area contributed by atoms with Crippen LogP contribution >= 0.6 is 16.1 Å². The van der Waals surface area contributed by atoms with Gasteiger partial charge < -0.3 is 35.2 Å². The number of nitrogens with zero attached hydrogens (tertiary/aromatic N) is 4. The molecule has 0 bridgehead atoms. The molecule has 12 nitrogen and oxygen atoms in total. The molecule has 6 N–H and O–H groups in total. The number of hydrogen-bond donors (Lipinski definition) is 6. The Morgan fingerprint density at radius 3 is 2.57 bits per heavy atom. The van der Waals surface area contributed by atoms with Gasteiger partial charge in [-0.1, -0.05) is 34.9 Å². The largest absolute Gasteiger partial charge is 0.508 e. The minimum atomic E-state index is -4.95. The summed E-state index contributed by atoms with van der Waals surface area (Å²) >= 11 is 0. The van der Waals surface area contributed by atoms with Crippen molar-refractivity contribution in [1.29, 1.82) is 0 Å². The number of hydrogen-bond acceptors (Lipinski definition) is 9. The van der Waals surface area contributed by atoms with Crippen LogP contribution in [0.15, 0.2) is 60.9 Å². The maximum absolute atomic E-state index is 11.5. The summed E-state index contributed by atoms with van der Waals surface area (Å²) < 4.78 is 24.6. The Hall–Kier alpha value is -3.40. The van der Waals surface area contributed by atoms with E-state index >= 15 is 0 Å². The first-order valence-electron chi connectivity index (χ1n) is 11.4. The van der Waals surface area contributed by atoms with E-state index in [9.17, 15) is 29.1 Å². The molecule has 2 aromatic heterocycles. The van der Waals surface area contributed by atoms with Gasteiger partial charge >= 0.3 is 21.1 Å². The van der Waals surface area contributed by atoms with Crippen molar-refractivity contribution < 1.29 is 29.1 Å². The highest BCUT2D eigenvalue weighted by Gasteiger charge is 2.53. The number of aromatic nitrogens is 4. The fourth-order valence-electron chi connectivity index (χ4n) is 3.69. The minimum absolute atomic E-state index is 0.108. The van der Waals surface area contributed by atoms with Crippen molar-refractivity contribution in [3.05, 3.63) is 66.5 Å². The van der Waals surface area contributed by atoms with Crippen LogP contribution in [0.4, 0.5) is 17.5 Å². The maximum atomic E-state index is 11.5. The average Bonchev–Trinajstić information content (AvgIpc) is 3.28. The molecule has 0 saturated carbocycles. The summed E-state index contributed by atoms with van der Waals surface area (Å²) in [5.74, 6) is 0.899. The van der Waals surface area contributed by atoms with E-state index in [4.69, 9.17) is 0 Å². The number of rotatable bonds is 12. The van der Waals surface area contributed by atoms with Crippen molar-refractivity contribution in [1.82, 2.24) is 19.5 Å². The number of para-hydroxylation sites is 1. The number of nitrogens with one attached hydrogen (secondary N) is 2. The lowest BCUT2D eigenvalue weighted by molar-refractivity contribution is 0.157. The van der Waals surface area contributed by atoms with Crippen molar-refractivity contribution in [2.45, 2.75) is 30.9 Å². The highest BCUT2D eigenvalue weighted by Crippen LogP contribution is 2.57. The third kappa shape index (κ3) is 6.49. The zero-order chi connectivity index (χ0) is 26.5. The van der Waals surface area contributed by atoms with E-state index in [1.807, 2.05) is 41.0 Å². The molecule has 0 spiro atoms. The van der Waals surface area contributed by atoms with Gasteiger partial charge in [-0.2, -0.15) is 9.97 Å². The van der Waals surface area contributed by atoms with Gasteiger partial charge in [-0.25, -0.2) is 4.98 Å². The predicted molar refractivity (Wildman–Crippen MR) is 141 cm³/mol. The molecule has 2 unspecified atom stereocenters. The van der Waals surface area contributed by atoms with Gasteiger partial charge in [0.25, 0.3) is 0 Å². The second-order valence-electron chi connectivity index (χ2n) is 8.41. The molecule has 0 amide bonds. The first-order valence-corrected chi connectivity index (χ1v) is 13.9.